The van der Waals surface area contributed by atoms with Crippen molar-refractivity contribution in [2.24, 2.45) is 0 Å². The molecule has 2 heterocycles. The molecule has 1 aromatic carbocycles. The van der Waals surface area contributed by atoms with Crippen LogP contribution in [0, 0.1) is 10.1 Å². The quantitative estimate of drug-likeness (QED) is 0.403. The summed E-state index contributed by atoms with van der Waals surface area (Å²) in [5.74, 6) is -0.247. The maximum absolute atomic E-state index is 11.9. The van der Waals surface area contributed by atoms with E-state index in [9.17, 15) is 14.9 Å². The number of benzene rings is 1. The van der Waals surface area contributed by atoms with Gasteiger partial charge in [-0.2, -0.15) is 5.10 Å². The predicted molar refractivity (Wildman–Crippen MR) is 95.8 cm³/mol. The number of halogens is 1. The first kappa shape index (κ1) is 17.4. The van der Waals surface area contributed by atoms with E-state index in [2.05, 4.69) is 10.4 Å². The Bertz CT molecular complexity index is 977. The van der Waals surface area contributed by atoms with Gasteiger partial charge in [0.15, 0.2) is 5.82 Å². The number of nitrogens with one attached hydrogen (secondary N) is 1. The number of aromatic nitrogens is 2. The lowest BCUT2D eigenvalue weighted by Gasteiger charge is -2.04. The van der Waals surface area contributed by atoms with Gasteiger partial charge in [-0.3, -0.25) is 19.6 Å². The van der Waals surface area contributed by atoms with Gasteiger partial charge in [-0.25, -0.2) is 0 Å². The molecule has 2 aromatic heterocycles. The zero-order valence-corrected chi connectivity index (χ0v) is 14.1. The molecule has 0 aliphatic rings. The number of hydrogen-bond acceptors (Lipinski definition) is 5. The lowest BCUT2D eigenvalue weighted by Crippen LogP contribution is -2.09. The standard InChI is InChI=1S/C17H13ClN4O4/c18-14-4-2-1-3-12(14)11-21-10-9-15(20-21)19-16(23)7-5-13-6-8-17(26-13)22(24)25/h1-10H,11H2,(H,19,20,23)/b7-5+. The van der Waals surface area contributed by atoms with Gasteiger partial charge in [-0.15, -0.1) is 0 Å². The highest BCUT2D eigenvalue weighted by molar-refractivity contribution is 6.31. The van der Waals surface area contributed by atoms with Gasteiger partial charge in [-0.1, -0.05) is 29.8 Å². The lowest BCUT2D eigenvalue weighted by atomic mass is 10.2. The molecule has 0 aliphatic carbocycles. The minimum atomic E-state index is -0.650. The Hall–Kier alpha value is -3.39. The number of furan rings is 1. The van der Waals surface area contributed by atoms with E-state index in [0.29, 0.717) is 17.4 Å². The molecule has 9 heteroatoms. The van der Waals surface area contributed by atoms with E-state index >= 15 is 0 Å². The monoisotopic (exact) mass is 372 g/mol. The van der Waals surface area contributed by atoms with Crippen LogP contribution in [0.25, 0.3) is 6.08 Å². The number of nitro groups is 1. The summed E-state index contributed by atoms with van der Waals surface area (Å²) in [6.07, 6.45) is 4.26. The van der Waals surface area contributed by atoms with E-state index in [4.69, 9.17) is 16.0 Å². The van der Waals surface area contributed by atoms with Crippen molar-refractivity contribution >= 4 is 35.3 Å². The molecule has 0 saturated heterocycles. The molecule has 3 aromatic rings. The molecule has 0 spiro atoms. The first-order valence-electron chi connectivity index (χ1n) is 7.51. The summed E-state index contributed by atoms with van der Waals surface area (Å²) in [6.45, 7) is 0.474. The molecule has 1 amide bonds. The second-order valence-corrected chi connectivity index (χ2v) is 5.65. The smallest absolute Gasteiger partial charge is 0.401 e. The summed E-state index contributed by atoms with van der Waals surface area (Å²) in [5, 5.41) is 18.0. The second-order valence-electron chi connectivity index (χ2n) is 5.25. The predicted octanol–water partition coefficient (Wildman–Crippen LogP) is 3.74. The Morgan fingerprint density at radius 1 is 1.31 bits per heavy atom. The summed E-state index contributed by atoms with van der Waals surface area (Å²) in [5.41, 5.74) is 0.912. The zero-order chi connectivity index (χ0) is 18.5. The van der Waals surface area contributed by atoms with Gasteiger partial charge in [0.2, 0.25) is 5.91 Å². The Labute approximate surface area is 152 Å². The Kier molecular flexibility index (Phi) is 5.14. The molecular formula is C17H13ClN4O4. The highest BCUT2D eigenvalue weighted by Gasteiger charge is 2.10. The summed E-state index contributed by atoms with van der Waals surface area (Å²) in [7, 11) is 0. The average Bonchev–Trinajstić information content (AvgIpc) is 3.25. The van der Waals surface area contributed by atoms with Crippen molar-refractivity contribution in [3.63, 3.8) is 0 Å². The SMILES string of the molecule is O=C(/C=C/c1ccc([N+](=O)[O-])o1)Nc1ccn(Cc2ccccc2Cl)n1. The van der Waals surface area contributed by atoms with E-state index in [0.717, 1.165) is 5.56 Å². The molecule has 132 valence electrons. The number of carbonyl (C=O) groups excluding carboxylic acids is 1. The number of anilines is 1. The van der Waals surface area contributed by atoms with Crippen LogP contribution in [-0.2, 0) is 11.3 Å². The number of amides is 1. The van der Waals surface area contributed by atoms with E-state index < -0.39 is 10.8 Å². The number of rotatable bonds is 6. The van der Waals surface area contributed by atoms with Gasteiger partial charge >= 0.3 is 5.88 Å². The number of hydrogen-bond donors (Lipinski definition) is 1. The van der Waals surface area contributed by atoms with Crippen LogP contribution in [0.3, 0.4) is 0 Å². The Morgan fingerprint density at radius 2 is 2.12 bits per heavy atom. The van der Waals surface area contributed by atoms with E-state index in [1.807, 2.05) is 18.2 Å². The summed E-state index contributed by atoms with van der Waals surface area (Å²) in [6, 6.07) is 11.7. The fourth-order valence-electron chi connectivity index (χ4n) is 2.17. The van der Waals surface area contributed by atoms with Gasteiger partial charge in [-0.05, 0) is 23.8 Å². The summed E-state index contributed by atoms with van der Waals surface area (Å²) >= 11 is 6.12. The molecule has 0 saturated carbocycles. The third-order valence-electron chi connectivity index (χ3n) is 3.37. The molecule has 1 N–H and O–H groups in total. The maximum Gasteiger partial charge on any atom is 0.433 e. The van der Waals surface area contributed by atoms with E-state index in [-0.39, 0.29) is 11.6 Å². The van der Waals surface area contributed by atoms with Crippen molar-refractivity contribution in [1.82, 2.24) is 9.78 Å². The van der Waals surface area contributed by atoms with Gasteiger partial charge in [0, 0.05) is 23.4 Å². The van der Waals surface area contributed by atoms with Crippen LogP contribution >= 0.6 is 11.6 Å². The molecule has 0 unspecified atom stereocenters. The molecule has 0 fully saturated rings. The van der Waals surface area contributed by atoms with E-state index in [1.54, 1.807) is 23.0 Å². The molecule has 26 heavy (non-hydrogen) atoms. The topological polar surface area (TPSA) is 103 Å². The van der Waals surface area contributed by atoms with Crippen LogP contribution in [0.5, 0.6) is 0 Å². The molecule has 0 aliphatic heterocycles. The van der Waals surface area contributed by atoms with Crippen LogP contribution in [0.4, 0.5) is 11.7 Å². The molecule has 0 atom stereocenters. The third kappa shape index (κ3) is 4.37. The van der Waals surface area contributed by atoms with Crippen LogP contribution in [0.15, 0.2) is 59.2 Å². The van der Waals surface area contributed by atoms with Crippen molar-refractivity contribution in [2.45, 2.75) is 6.54 Å². The summed E-state index contributed by atoms with van der Waals surface area (Å²) < 4.78 is 6.58. The van der Waals surface area contributed by atoms with E-state index in [1.165, 1.54) is 24.3 Å². The maximum atomic E-state index is 11.9. The fraction of sp³-hybridized carbons (Fsp3) is 0.0588. The molecule has 0 radical (unpaired) electrons. The van der Waals surface area contributed by atoms with Crippen LogP contribution in [-0.4, -0.2) is 20.6 Å². The Balaban J connectivity index is 1.59. The molecule has 8 nitrogen and oxygen atoms in total. The molecular weight excluding hydrogens is 360 g/mol. The van der Waals surface area contributed by atoms with Crippen LogP contribution in [0.1, 0.15) is 11.3 Å². The highest BCUT2D eigenvalue weighted by atomic mass is 35.5. The van der Waals surface area contributed by atoms with Crippen molar-refractivity contribution in [3.8, 4) is 0 Å². The van der Waals surface area contributed by atoms with Crippen LogP contribution < -0.4 is 5.32 Å². The minimum Gasteiger partial charge on any atom is -0.401 e. The summed E-state index contributed by atoms with van der Waals surface area (Å²) in [4.78, 5) is 21.8. The zero-order valence-electron chi connectivity index (χ0n) is 13.3. The van der Waals surface area contributed by atoms with Crippen molar-refractivity contribution in [3.05, 3.63) is 81.2 Å². The van der Waals surface area contributed by atoms with Crippen LogP contribution in [0.2, 0.25) is 5.02 Å². The van der Waals surface area contributed by atoms with Crippen molar-refractivity contribution < 1.29 is 14.1 Å². The van der Waals surface area contributed by atoms with Gasteiger partial charge < -0.3 is 9.73 Å². The highest BCUT2D eigenvalue weighted by Crippen LogP contribution is 2.17. The largest absolute Gasteiger partial charge is 0.433 e. The molecule has 3 rings (SSSR count). The lowest BCUT2D eigenvalue weighted by molar-refractivity contribution is -0.402. The first-order valence-corrected chi connectivity index (χ1v) is 7.89. The van der Waals surface area contributed by atoms with Crippen molar-refractivity contribution in [1.29, 1.82) is 0 Å². The number of carbonyl (C=O) groups is 1. The van der Waals surface area contributed by atoms with Crippen molar-refractivity contribution in [2.75, 3.05) is 5.32 Å². The first-order chi connectivity index (χ1) is 12.5. The third-order valence-corrected chi connectivity index (χ3v) is 3.74. The fourth-order valence-corrected chi connectivity index (χ4v) is 2.37. The minimum absolute atomic E-state index is 0.205. The molecule has 0 bridgehead atoms. The number of nitrogens with zero attached hydrogens (tertiary/aromatic N) is 3. The average molecular weight is 373 g/mol. The normalized spacial score (nSPS) is 11.0. The second kappa shape index (κ2) is 7.66. The van der Waals surface area contributed by atoms with Gasteiger partial charge in [0.05, 0.1) is 12.6 Å². The Morgan fingerprint density at radius 3 is 2.85 bits per heavy atom. The van der Waals surface area contributed by atoms with Gasteiger partial charge in [0.1, 0.15) is 10.7 Å². The van der Waals surface area contributed by atoms with Gasteiger partial charge in [0.25, 0.3) is 0 Å².